The van der Waals surface area contributed by atoms with Crippen LogP contribution in [-0.4, -0.2) is 26.3 Å². The van der Waals surface area contributed by atoms with Gasteiger partial charge in [0.15, 0.2) is 0 Å². The van der Waals surface area contributed by atoms with Gasteiger partial charge in [-0.05, 0) is 43.2 Å². The summed E-state index contributed by atoms with van der Waals surface area (Å²) in [6, 6.07) is 12.9. The van der Waals surface area contributed by atoms with Gasteiger partial charge in [0.05, 0.1) is 10.3 Å². The third-order valence-corrected chi connectivity index (χ3v) is 6.50. The fourth-order valence-electron chi connectivity index (χ4n) is 4.06. The molecule has 146 valence electrons. The van der Waals surface area contributed by atoms with Crippen molar-refractivity contribution in [1.82, 2.24) is 14.4 Å². The number of anilines is 1. The van der Waals surface area contributed by atoms with Crippen LogP contribution < -0.4 is 10.5 Å². The van der Waals surface area contributed by atoms with Crippen LogP contribution in [0.15, 0.2) is 59.7 Å². The summed E-state index contributed by atoms with van der Waals surface area (Å²) in [4.78, 5) is 38.4. The van der Waals surface area contributed by atoms with Crippen molar-refractivity contribution < 1.29 is 4.79 Å². The van der Waals surface area contributed by atoms with E-state index in [0.29, 0.717) is 26.6 Å². The van der Waals surface area contributed by atoms with E-state index in [1.807, 2.05) is 29.2 Å². The monoisotopic (exact) mass is 404 g/mol. The fraction of sp³-hybridized carbons (Fsp3) is 0.273. The fourth-order valence-corrected chi connectivity index (χ4v) is 5.03. The smallest absolute Gasteiger partial charge is 0.269 e. The highest BCUT2D eigenvalue weighted by molar-refractivity contribution is 7.20. The lowest BCUT2D eigenvalue weighted by Gasteiger charge is -2.33. The molecule has 0 saturated heterocycles. The summed E-state index contributed by atoms with van der Waals surface area (Å²) in [6.07, 6.45) is 8.78. The Balaban J connectivity index is 1.61. The molecule has 0 atom stereocenters. The normalized spacial score (nSPS) is 15.0. The zero-order valence-electron chi connectivity index (χ0n) is 15.8. The number of thiophene rings is 1. The number of aromatic nitrogens is 3. The van der Waals surface area contributed by atoms with Crippen LogP contribution in [-0.2, 0) is 0 Å². The third kappa shape index (κ3) is 3.21. The molecule has 0 N–H and O–H groups in total. The molecular formula is C22H20N4O2S. The standard InChI is InChI=1S/C22H20N4O2S/c27-21-16-14-17(29-20(16)24-19-11-5-7-13-25(19)21)22(28)26(15-8-2-1-3-9-15)18-10-4-6-12-23-18/h4-7,10-15H,1-3,8-9H2. The molecule has 1 aliphatic rings. The van der Waals surface area contributed by atoms with Crippen molar-refractivity contribution in [2.75, 3.05) is 4.90 Å². The lowest BCUT2D eigenvalue weighted by Crippen LogP contribution is -2.41. The van der Waals surface area contributed by atoms with E-state index in [1.165, 1.54) is 22.2 Å². The van der Waals surface area contributed by atoms with E-state index < -0.39 is 0 Å². The van der Waals surface area contributed by atoms with Crippen molar-refractivity contribution >= 4 is 38.9 Å². The van der Waals surface area contributed by atoms with Crippen molar-refractivity contribution in [2.24, 2.45) is 0 Å². The van der Waals surface area contributed by atoms with Gasteiger partial charge in [-0.15, -0.1) is 11.3 Å². The van der Waals surface area contributed by atoms with Crippen molar-refractivity contribution in [3.8, 4) is 0 Å². The number of amides is 1. The number of pyridine rings is 2. The summed E-state index contributed by atoms with van der Waals surface area (Å²) in [5, 5.41) is 0.478. The molecule has 0 aromatic carbocycles. The summed E-state index contributed by atoms with van der Waals surface area (Å²) < 4.78 is 1.51. The zero-order valence-corrected chi connectivity index (χ0v) is 16.6. The van der Waals surface area contributed by atoms with Gasteiger partial charge in [-0.1, -0.05) is 31.4 Å². The molecule has 0 unspecified atom stereocenters. The van der Waals surface area contributed by atoms with Gasteiger partial charge in [0.2, 0.25) is 0 Å². The van der Waals surface area contributed by atoms with Crippen molar-refractivity contribution in [1.29, 1.82) is 0 Å². The van der Waals surface area contributed by atoms with Crippen LogP contribution in [0.1, 0.15) is 41.8 Å². The van der Waals surface area contributed by atoms with Crippen LogP contribution in [0.3, 0.4) is 0 Å². The molecule has 4 aromatic rings. The quantitative estimate of drug-likeness (QED) is 0.511. The molecule has 6 nitrogen and oxygen atoms in total. The lowest BCUT2D eigenvalue weighted by molar-refractivity contribution is 0.0973. The second kappa shape index (κ2) is 7.40. The molecule has 5 rings (SSSR count). The molecule has 1 amide bonds. The Hall–Kier alpha value is -3.06. The summed E-state index contributed by atoms with van der Waals surface area (Å²) in [5.74, 6) is 0.559. The number of hydrogen-bond donors (Lipinski definition) is 0. The van der Waals surface area contributed by atoms with Crippen LogP contribution in [0.2, 0.25) is 0 Å². The number of hydrogen-bond acceptors (Lipinski definition) is 5. The molecule has 1 aliphatic carbocycles. The van der Waals surface area contributed by atoms with Crippen molar-refractivity contribution in [3.05, 3.63) is 70.1 Å². The van der Waals surface area contributed by atoms with Crippen LogP contribution in [0.5, 0.6) is 0 Å². The minimum absolute atomic E-state index is 0.105. The second-order valence-electron chi connectivity index (χ2n) is 7.33. The van der Waals surface area contributed by atoms with Gasteiger partial charge in [-0.25, -0.2) is 9.97 Å². The van der Waals surface area contributed by atoms with Crippen LogP contribution >= 0.6 is 11.3 Å². The first-order valence-corrected chi connectivity index (χ1v) is 10.7. The Morgan fingerprint density at radius 2 is 1.93 bits per heavy atom. The maximum atomic E-state index is 13.6. The minimum atomic E-state index is -0.150. The van der Waals surface area contributed by atoms with Gasteiger partial charge >= 0.3 is 0 Å². The number of rotatable bonds is 3. The van der Waals surface area contributed by atoms with Gasteiger partial charge in [-0.2, -0.15) is 0 Å². The molecule has 1 fully saturated rings. The lowest BCUT2D eigenvalue weighted by atomic mass is 9.94. The van der Waals surface area contributed by atoms with Gasteiger partial charge in [0, 0.05) is 18.4 Å². The van der Waals surface area contributed by atoms with E-state index in [1.54, 1.807) is 30.6 Å². The van der Waals surface area contributed by atoms with Crippen LogP contribution in [0.25, 0.3) is 15.9 Å². The van der Waals surface area contributed by atoms with Gasteiger partial charge < -0.3 is 0 Å². The Bertz CT molecular complexity index is 1240. The SMILES string of the molecule is O=C(c1cc2c(=O)n3ccccc3nc2s1)N(c1ccccn1)C1CCCCC1. The molecule has 0 radical (unpaired) electrons. The Morgan fingerprint density at radius 3 is 2.72 bits per heavy atom. The van der Waals surface area contributed by atoms with E-state index in [9.17, 15) is 9.59 Å². The first-order valence-electron chi connectivity index (χ1n) is 9.88. The maximum Gasteiger partial charge on any atom is 0.269 e. The number of carbonyl (C=O) groups excluding carboxylic acids is 1. The average Bonchev–Trinajstić information content (AvgIpc) is 3.20. The summed E-state index contributed by atoms with van der Waals surface area (Å²) in [6.45, 7) is 0. The summed E-state index contributed by atoms with van der Waals surface area (Å²) in [7, 11) is 0. The molecule has 0 bridgehead atoms. The second-order valence-corrected chi connectivity index (χ2v) is 8.36. The highest BCUT2D eigenvalue weighted by Crippen LogP contribution is 2.30. The Kier molecular flexibility index (Phi) is 4.60. The first kappa shape index (κ1) is 18.0. The molecular weight excluding hydrogens is 384 g/mol. The average molecular weight is 404 g/mol. The van der Waals surface area contributed by atoms with Crippen LogP contribution in [0, 0.1) is 0 Å². The van der Waals surface area contributed by atoms with E-state index in [4.69, 9.17) is 0 Å². The number of nitrogens with zero attached hydrogens (tertiary/aromatic N) is 4. The molecule has 0 spiro atoms. The summed E-state index contributed by atoms with van der Waals surface area (Å²) in [5.41, 5.74) is 0.433. The van der Waals surface area contributed by atoms with E-state index in [2.05, 4.69) is 9.97 Å². The van der Waals surface area contributed by atoms with Crippen molar-refractivity contribution in [3.63, 3.8) is 0 Å². The van der Waals surface area contributed by atoms with E-state index >= 15 is 0 Å². The zero-order chi connectivity index (χ0) is 19.8. The van der Waals surface area contributed by atoms with Gasteiger partial charge in [0.25, 0.3) is 11.5 Å². The van der Waals surface area contributed by atoms with Gasteiger partial charge in [0.1, 0.15) is 16.3 Å². The summed E-state index contributed by atoms with van der Waals surface area (Å²) >= 11 is 1.28. The van der Waals surface area contributed by atoms with Crippen LogP contribution in [0.4, 0.5) is 5.82 Å². The molecule has 0 aliphatic heterocycles. The van der Waals surface area contributed by atoms with E-state index in [-0.39, 0.29) is 17.5 Å². The minimum Gasteiger partial charge on any atom is -0.289 e. The molecule has 4 heterocycles. The number of carbonyl (C=O) groups is 1. The Morgan fingerprint density at radius 1 is 1.10 bits per heavy atom. The third-order valence-electron chi connectivity index (χ3n) is 5.48. The predicted octanol–water partition coefficient (Wildman–Crippen LogP) is 4.28. The largest absolute Gasteiger partial charge is 0.289 e. The topological polar surface area (TPSA) is 67.6 Å². The Labute approximate surface area is 171 Å². The van der Waals surface area contributed by atoms with Gasteiger partial charge in [-0.3, -0.25) is 18.9 Å². The molecule has 4 aromatic heterocycles. The molecule has 1 saturated carbocycles. The number of fused-ring (bicyclic) bond motifs is 2. The van der Waals surface area contributed by atoms with Crippen molar-refractivity contribution in [2.45, 2.75) is 38.1 Å². The first-order chi connectivity index (χ1) is 14.2. The van der Waals surface area contributed by atoms with E-state index in [0.717, 1.165) is 25.7 Å². The maximum absolute atomic E-state index is 13.6. The highest BCUT2D eigenvalue weighted by Gasteiger charge is 2.30. The molecule has 29 heavy (non-hydrogen) atoms. The predicted molar refractivity (Wildman–Crippen MR) is 115 cm³/mol. The highest BCUT2D eigenvalue weighted by atomic mass is 32.1. The molecule has 7 heteroatoms.